The molecule has 0 fully saturated rings. The van der Waals surface area contributed by atoms with Crippen molar-refractivity contribution in [3.05, 3.63) is 52.4 Å². The molecule has 1 aromatic carbocycles. The first kappa shape index (κ1) is 10.2. The molecule has 0 aliphatic carbocycles. The Morgan fingerprint density at radius 2 is 2.00 bits per heavy atom. The molecule has 82 valence electrons. The first-order valence-electron chi connectivity index (χ1n) is 4.82. The van der Waals surface area contributed by atoms with Gasteiger partial charge in [-0.2, -0.15) is 0 Å². The smallest absolute Gasteiger partial charge is 0.284 e. The van der Waals surface area contributed by atoms with Gasteiger partial charge in [-0.15, -0.1) is 0 Å². The molecule has 2 rings (SSSR count). The summed E-state index contributed by atoms with van der Waals surface area (Å²) in [6.07, 6.45) is 1.40. The molecule has 5 heteroatoms. The molecule has 0 bridgehead atoms. The molecule has 5 nitrogen and oxygen atoms in total. The average molecular weight is 217 g/mol. The molecule has 1 amide bonds. The van der Waals surface area contributed by atoms with Crippen molar-refractivity contribution in [2.24, 2.45) is 0 Å². The topological polar surface area (TPSA) is 66.9 Å². The maximum Gasteiger partial charge on any atom is 0.284 e. The van der Waals surface area contributed by atoms with Crippen molar-refractivity contribution in [1.29, 1.82) is 0 Å². The van der Waals surface area contributed by atoms with E-state index in [4.69, 9.17) is 0 Å². The second-order valence-corrected chi connectivity index (χ2v) is 3.24. The molecule has 0 aliphatic heterocycles. The van der Waals surface area contributed by atoms with Gasteiger partial charge in [0.15, 0.2) is 0 Å². The van der Waals surface area contributed by atoms with Crippen LogP contribution >= 0.6 is 0 Å². The normalized spacial score (nSPS) is 10.1. The number of aromatic nitrogens is 2. The zero-order valence-electron chi connectivity index (χ0n) is 8.73. The molecule has 0 spiro atoms. The van der Waals surface area contributed by atoms with Crippen LogP contribution in [0.1, 0.15) is 10.4 Å². The third-order valence-corrected chi connectivity index (χ3v) is 2.26. The van der Waals surface area contributed by atoms with E-state index >= 15 is 0 Å². The van der Waals surface area contributed by atoms with Crippen LogP contribution in [0.3, 0.4) is 0 Å². The minimum atomic E-state index is -0.393. The average Bonchev–Trinajstić information content (AvgIpc) is 2.71. The third kappa shape index (κ3) is 1.63. The lowest BCUT2D eigenvalue weighted by atomic mass is 10.3. The van der Waals surface area contributed by atoms with Crippen molar-refractivity contribution in [2.45, 2.75) is 0 Å². The van der Waals surface area contributed by atoms with E-state index < -0.39 is 5.91 Å². The summed E-state index contributed by atoms with van der Waals surface area (Å²) in [5.41, 5.74) is 0.444. The number of aromatic amines is 1. The van der Waals surface area contributed by atoms with Gasteiger partial charge in [-0.3, -0.25) is 14.7 Å². The van der Waals surface area contributed by atoms with Crippen molar-refractivity contribution >= 4 is 5.91 Å². The van der Waals surface area contributed by atoms with Gasteiger partial charge >= 0.3 is 0 Å². The Labute approximate surface area is 91.7 Å². The number of rotatable bonds is 2. The number of nitrogens with one attached hydrogen (secondary N) is 2. The van der Waals surface area contributed by atoms with Crippen LogP contribution in [0.2, 0.25) is 0 Å². The summed E-state index contributed by atoms with van der Waals surface area (Å²) < 4.78 is 1.32. The lowest BCUT2D eigenvalue weighted by Crippen LogP contribution is -2.26. The number of H-pyrrole nitrogens is 1. The van der Waals surface area contributed by atoms with Gasteiger partial charge in [-0.05, 0) is 12.1 Å². The second kappa shape index (κ2) is 4.06. The van der Waals surface area contributed by atoms with E-state index in [9.17, 15) is 9.59 Å². The van der Waals surface area contributed by atoms with Gasteiger partial charge in [0, 0.05) is 13.2 Å². The number of nitrogens with zero attached hydrogens (tertiary/aromatic N) is 1. The lowest BCUT2D eigenvalue weighted by molar-refractivity contribution is 0.0962. The van der Waals surface area contributed by atoms with Gasteiger partial charge in [0.05, 0.1) is 5.69 Å². The van der Waals surface area contributed by atoms with E-state index in [0.717, 1.165) is 0 Å². The van der Waals surface area contributed by atoms with Crippen molar-refractivity contribution in [1.82, 2.24) is 15.1 Å². The number of carbonyl (C=O) groups is 1. The lowest BCUT2D eigenvalue weighted by Gasteiger charge is -1.99. The highest BCUT2D eigenvalue weighted by molar-refractivity contribution is 5.93. The van der Waals surface area contributed by atoms with Crippen molar-refractivity contribution < 1.29 is 4.79 Å². The molecular formula is C11H11N3O2. The predicted molar refractivity (Wildman–Crippen MR) is 59.8 cm³/mol. The van der Waals surface area contributed by atoms with Crippen LogP contribution in [0, 0.1) is 0 Å². The summed E-state index contributed by atoms with van der Waals surface area (Å²) in [6, 6.07) is 9.07. The highest BCUT2D eigenvalue weighted by atomic mass is 16.2. The van der Waals surface area contributed by atoms with E-state index in [1.807, 2.05) is 18.2 Å². The molecule has 0 unspecified atom stereocenters. The van der Waals surface area contributed by atoms with Crippen LogP contribution in [0.4, 0.5) is 0 Å². The predicted octanol–water partition coefficient (Wildman–Crippen LogP) is 0.525. The fourth-order valence-corrected chi connectivity index (χ4v) is 1.44. The minimum absolute atomic E-state index is 0.103. The van der Waals surface area contributed by atoms with Crippen LogP contribution < -0.4 is 10.9 Å². The Bertz CT molecular complexity index is 554. The van der Waals surface area contributed by atoms with Crippen LogP contribution in [-0.4, -0.2) is 22.7 Å². The fourth-order valence-electron chi connectivity index (χ4n) is 1.44. The van der Waals surface area contributed by atoms with Gasteiger partial charge in [-0.1, -0.05) is 18.2 Å². The molecule has 2 N–H and O–H groups in total. The Morgan fingerprint density at radius 1 is 1.31 bits per heavy atom. The Kier molecular flexibility index (Phi) is 2.59. The van der Waals surface area contributed by atoms with Crippen molar-refractivity contribution in [2.75, 3.05) is 7.05 Å². The minimum Gasteiger partial charge on any atom is -0.355 e. The molecule has 0 aliphatic rings. The molecule has 0 radical (unpaired) electrons. The molecule has 2 aromatic rings. The largest absolute Gasteiger partial charge is 0.355 e. The van der Waals surface area contributed by atoms with E-state index in [1.165, 1.54) is 17.9 Å². The number of carbonyl (C=O) groups excluding carboxylic acids is 1. The molecule has 0 atom stereocenters. The number of hydrogen-bond donors (Lipinski definition) is 2. The second-order valence-electron chi connectivity index (χ2n) is 3.24. The number of amides is 1. The number of para-hydroxylation sites is 1. The van der Waals surface area contributed by atoms with Gasteiger partial charge in [0.1, 0.15) is 5.56 Å². The summed E-state index contributed by atoms with van der Waals surface area (Å²) in [5.74, 6) is -0.393. The molecule has 0 saturated heterocycles. The molecule has 1 aromatic heterocycles. The van der Waals surface area contributed by atoms with Gasteiger partial charge in [-0.25, -0.2) is 4.68 Å². The zero-order valence-corrected chi connectivity index (χ0v) is 8.73. The monoisotopic (exact) mass is 217 g/mol. The number of benzene rings is 1. The van der Waals surface area contributed by atoms with Crippen LogP contribution in [0.15, 0.2) is 41.3 Å². The van der Waals surface area contributed by atoms with Crippen LogP contribution in [0.5, 0.6) is 0 Å². The summed E-state index contributed by atoms with van der Waals surface area (Å²) in [4.78, 5) is 23.2. The standard InChI is InChI=1S/C11H11N3O2/c1-12-10(15)9-7-13-14(11(9)16)8-5-3-2-4-6-8/h2-7,13H,1H3,(H,12,15). The maximum atomic E-state index is 11.8. The summed E-state index contributed by atoms with van der Waals surface area (Å²) in [7, 11) is 1.49. The fraction of sp³-hybridized carbons (Fsp3) is 0.0909. The van der Waals surface area contributed by atoms with E-state index in [1.54, 1.807) is 12.1 Å². The van der Waals surface area contributed by atoms with Gasteiger partial charge < -0.3 is 5.32 Å². The summed E-state index contributed by atoms with van der Waals surface area (Å²) in [6.45, 7) is 0. The molecule has 1 heterocycles. The van der Waals surface area contributed by atoms with Crippen LogP contribution in [0.25, 0.3) is 5.69 Å². The molecule has 0 saturated carbocycles. The van der Waals surface area contributed by atoms with Gasteiger partial charge in [0.25, 0.3) is 11.5 Å². The number of hydrogen-bond acceptors (Lipinski definition) is 2. The molecule has 16 heavy (non-hydrogen) atoms. The third-order valence-electron chi connectivity index (χ3n) is 2.26. The zero-order chi connectivity index (χ0) is 11.5. The first-order chi connectivity index (χ1) is 7.74. The highest BCUT2D eigenvalue weighted by Crippen LogP contribution is 2.02. The van der Waals surface area contributed by atoms with Gasteiger partial charge in [0.2, 0.25) is 0 Å². The van der Waals surface area contributed by atoms with Crippen molar-refractivity contribution in [3.63, 3.8) is 0 Å². The van der Waals surface area contributed by atoms with E-state index in [-0.39, 0.29) is 11.1 Å². The highest BCUT2D eigenvalue weighted by Gasteiger charge is 2.13. The Balaban J connectivity index is 2.50. The van der Waals surface area contributed by atoms with E-state index in [0.29, 0.717) is 5.69 Å². The summed E-state index contributed by atoms with van der Waals surface area (Å²) >= 11 is 0. The first-order valence-corrected chi connectivity index (χ1v) is 4.82. The quantitative estimate of drug-likeness (QED) is 0.770. The maximum absolute atomic E-state index is 11.8. The van der Waals surface area contributed by atoms with Crippen molar-refractivity contribution in [3.8, 4) is 5.69 Å². The Morgan fingerprint density at radius 3 is 2.62 bits per heavy atom. The SMILES string of the molecule is CNC(=O)c1c[nH]n(-c2ccccc2)c1=O. The van der Waals surface area contributed by atoms with Crippen LogP contribution in [-0.2, 0) is 0 Å². The molecular weight excluding hydrogens is 206 g/mol. The van der Waals surface area contributed by atoms with E-state index in [2.05, 4.69) is 10.4 Å². The Hall–Kier alpha value is -2.30. The summed E-state index contributed by atoms with van der Waals surface area (Å²) in [5, 5.41) is 5.16.